The van der Waals surface area contributed by atoms with Gasteiger partial charge in [0.1, 0.15) is 5.75 Å². The van der Waals surface area contributed by atoms with Crippen molar-refractivity contribution in [2.45, 2.75) is 64.5 Å². The summed E-state index contributed by atoms with van der Waals surface area (Å²) < 4.78 is 5.82. The molecule has 1 N–H and O–H groups in total. The van der Waals surface area contributed by atoms with Crippen molar-refractivity contribution < 1.29 is 9.53 Å². The maximum absolute atomic E-state index is 12.4. The molecular formula is C20H31ClN2O2. The Hall–Kier alpha value is -1.26. The van der Waals surface area contributed by atoms with Gasteiger partial charge < -0.3 is 15.0 Å². The van der Waals surface area contributed by atoms with Gasteiger partial charge in [-0.15, -0.1) is 0 Å². The Balaban J connectivity index is 1.73. The number of halogens is 1. The van der Waals surface area contributed by atoms with Gasteiger partial charge in [-0.3, -0.25) is 4.79 Å². The standard InChI is InChI=1S/C20H31ClN2O2/c1-4-17-8-5-6-14-23(17)15-7-13-22-19(24)20(2,3)25-18-11-9-16(21)10-12-18/h9-12,17H,4-8,13-15H2,1-3H3,(H,22,24)/t17-/m1/s1. The summed E-state index contributed by atoms with van der Waals surface area (Å²) in [5, 5.41) is 3.66. The van der Waals surface area contributed by atoms with E-state index in [4.69, 9.17) is 16.3 Å². The molecule has 1 atom stereocenters. The summed E-state index contributed by atoms with van der Waals surface area (Å²) in [5.41, 5.74) is -0.912. The molecule has 0 radical (unpaired) electrons. The first-order valence-corrected chi connectivity index (χ1v) is 9.77. The van der Waals surface area contributed by atoms with Crippen LogP contribution in [0.1, 0.15) is 52.9 Å². The van der Waals surface area contributed by atoms with Crippen LogP contribution in [0.25, 0.3) is 0 Å². The first-order valence-electron chi connectivity index (χ1n) is 9.39. The predicted octanol–water partition coefficient (Wildman–Crippen LogP) is 4.27. The van der Waals surface area contributed by atoms with Gasteiger partial charge in [-0.25, -0.2) is 0 Å². The quantitative estimate of drug-likeness (QED) is 0.698. The highest BCUT2D eigenvalue weighted by atomic mass is 35.5. The van der Waals surface area contributed by atoms with Crippen molar-refractivity contribution >= 4 is 17.5 Å². The van der Waals surface area contributed by atoms with Crippen LogP contribution in [0.4, 0.5) is 0 Å². The Morgan fingerprint density at radius 3 is 2.72 bits per heavy atom. The van der Waals surface area contributed by atoms with E-state index in [1.54, 1.807) is 38.1 Å². The number of amides is 1. The van der Waals surface area contributed by atoms with Gasteiger partial charge in [-0.1, -0.05) is 24.9 Å². The predicted molar refractivity (Wildman–Crippen MR) is 103 cm³/mol. The number of ether oxygens (including phenoxy) is 1. The van der Waals surface area contributed by atoms with Crippen LogP contribution in [0.5, 0.6) is 5.75 Å². The van der Waals surface area contributed by atoms with Crippen molar-refractivity contribution in [1.29, 1.82) is 0 Å². The van der Waals surface area contributed by atoms with E-state index in [-0.39, 0.29) is 5.91 Å². The van der Waals surface area contributed by atoms with Crippen LogP contribution in [0, 0.1) is 0 Å². The maximum Gasteiger partial charge on any atom is 0.263 e. The molecule has 1 amide bonds. The van der Waals surface area contributed by atoms with Crippen molar-refractivity contribution in [3.63, 3.8) is 0 Å². The molecule has 0 aliphatic carbocycles. The molecule has 0 bridgehead atoms. The molecule has 0 aromatic heterocycles. The largest absolute Gasteiger partial charge is 0.478 e. The lowest BCUT2D eigenvalue weighted by molar-refractivity contribution is -0.134. The third kappa shape index (κ3) is 6.19. The van der Waals surface area contributed by atoms with E-state index in [1.807, 2.05) is 0 Å². The Kier molecular flexibility index (Phi) is 7.57. The Morgan fingerprint density at radius 1 is 1.32 bits per heavy atom. The molecular weight excluding hydrogens is 336 g/mol. The van der Waals surface area contributed by atoms with Crippen LogP contribution in [0.3, 0.4) is 0 Å². The number of benzene rings is 1. The highest BCUT2D eigenvalue weighted by Gasteiger charge is 2.29. The molecule has 0 spiro atoms. The summed E-state index contributed by atoms with van der Waals surface area (Å²) in [7, 11) is 0. The average Bonchev–Trinajstić information content (AvgIpc) is 2.60. The zero-order valence-electron chi connectivity index (χ0n) is 15.7. The van der Waals surface area contributed by atoms with E-state index < -0.39 is 5.60 Å². The molecule has 1 heterocycles. The molecule has 1 aliphatic rings. The van der Waals surface area contributed by atoms with E-state index in [1.165, 1.54) is 32.2 Å². The molecule has 0 saturated carbocycles. The number of nitrogens with one attached hydrogen (secondary N) is 1. The van der Waals surface area contributed by atoms with Gasteiger partial charge in [0.05, 0.1) is 0 Å². The summed E-state index contributed by atoms with van der Waals surface area (Å²) in [4.78, 5) is 15.0. The molecule has 5 heteroatoms. The summed E-state index contributed by atoms with van der Waals surface area (Å²) in [6.45, 7) is 8.76. The van der Waals surface area contributed by atoms with Crippen LogP contribution >= 0.6 is 11.6 Å². The molecule has 1 aromatic rings. The van der Waals surface area contributed by atoms with Crippen molar-refractivity contribution in [3.8, 4) is 5.75 Å². The van der Waals surface area contributed by atoms with Gasteiger partial charge in [0, 0.05) is 24.2 Å². The Morgan fingerprint density at radius 2 is 2.04 bits per heavy atom. The van der Waals surface area contributed by atoms with Crippen LogP contribution in [-0.4, -0.2) is 42.1 Å². The highest BCUT2D eigenvalue weighted by molar-refractivity contribution is 6.30. The number of carbonyl (C=O) groups excluding carboxylic acids is 1. The highest BCUT2D eigenvalue weighted by Crippen LogP contribution is 2.21. The minimum Gasteiger partial charge on any atom is -0.478 e. The van der Waals surface area contributed by atoms with Gasteiger partial charge >= 0.3 is 0 Å². The SMILES string of the molecule is CC[C@@H]1CCCCN1CCCNC(=O)C(C)(C)Oc1ccc(Cl)cc1. The van der Waals surface area contributed by atoms with Crippen LogP contribution < -0.4 is 10.1 Å². The topological polar surface area (TPSA) is 41.6 Å². The van der Waals surface area contributed by atoms with E-state index in [0.717, 1.165) is 13.0 Å². The van der Waals surface area contributed by atoms with Gasteiger partial charge in [-0.2, -0.15) is 0 Å². The van der Waals surface area contributed by atoms with Crippen LogP contribution in [0.2, 0.25) is 5.02 Å². The number of rotatable bonds is 8. The fourth-order valence-electron chi connectivity index (χ4n) is 3.36. The van der Waals surface area contributed by atoms with E-state index >= 15 is 0 Å². The third-order valence-corrected chi connectivity index (χ3v) is 5.11. The summed E-state index contributed by atoms with van der Waals surface area (Å²) >= 11 is 5.88. The average molecular weight is 367 g/mol. The number of hydrogen-bond acceptors (Lipinski definition) is 3. The lowest BCUT2D eigenvalue weighted by Gasteiger charge is -2.35. The lowest BCUT2D eigenvalue weighted by atomic mass is 10.00. The molecule has 2 rings (SSSR count). The number of hydrogen-bond donors (Lipinski definition) is 1. The Labute approximate surface area is 156 Å². The normalized spacial score (nSPS) is 18.8. The van der Waals surface area contributed by atoms with Gasteiger partial charge in [0.2, 0.25) is 0 Å². The molecule has 0 unspecified atom stereocenters. The number of nitrogens with zero attached hydrogens (tertiary/aromatic N) is 1. The fraction of sp³-hybridized carbons (Fsp3) is 0.650. The van der Waals surface area contributed by atoms with Gasteiger partial charge in [0.15, 0.2) is 5.60 Å². The fourth-order valence-corrected chi connectivity index (χ4v) is 3.48. The number of carbonyl (C=O) groups is 1. The molecule has 4 nitrogen and oxygen atoms in total. The van der Waals surface area contributed by atoms with E-state index in [0.29, 0.717) is 23.4 Å². The second kappa shape index (κ2) is 9.44. The second-order valence-electron chi connectivity index (χ2n) is 7.27. The van der Waals surface area contributed by atoms with Gasteiger partial charge in [-0.05, 0) is 70.3 Å². The zero-order chi connectivity index (χ0) is 18.3. The van der Waals surface area contributed by atoms with Crippen molar-refractivity contribution in [3.05, 3.63) is 29.3 Å². The second-order valence-corrected chi connectivity index (χ2v) is 7.71. The first-order chi connectivity index (χ1) is 11.9. The van der Waals surface area contributed by atoms with Gasteiger partial charge in [0.25, 0.3) is 5.91 Å². The zero-order valence-corrected chi connectivity index (χ0v) is 16.4. The minimum atomic E-state index is -0.912. The van der Waals surface area contributed by atoms with Crippen molar-refractivity contribution in [1.82, 2.24) is 10.2 Å². The van der Waals surface area contributed by atoms with E-state index in [2.05, 4.69) is 17.1 Å². The molecule has 1 aromatic carbocycles. The molecule has 140 valence electrons. The number of piperidine rings is 1. The monoisotopic (exact) mass is 366 g/mol. The third-order valence-electron chi connectivity index (χ3n) is 4.86. The molecule has 1 aliphatic heterocycles. The first kappa shape index (κ1) is 20.1. The summed E-state index contributed by atoms with van der Waals surface area (Å²) in [6.07, 6.45) is 6.14. The van der Waals surface area contributed by atoms with Crippen LogP contribution in [0.15, 0.2) is 24.3 Å². The van der Waals surface area contributed by atoms with Crippen LogP contribution in [-0.2, 0) is 4.79 Å². The smallest absolute Gasteiger partial charge is 0.263 e. The molecule has 1 saturated heterocycles. The summed E-state index contributed by atoms with van der Waals surface area (Å²) in [6, 6.07) is 7.78. The molecule has 1 fully saturated rings. The summed E-state index contributed by atoms with van der Waals surface area (Å²) in [5.74, 6) is 0.553. The lowest BCUT2D eigenvalue weighted by Crippen LogP contribution is -2.47. The number of likely N-dealkylation sites (tertiary alicyclic amines) is 1. The van der Waals surface area contributed by atoms with Crippen molar-refractivity contribution in [2.24, 2.45) is 0 Å². The molecule has 25 heavy (non-hydrogen) atoms. The van der Waals surface area contributed by atoms with E-state index in [9.17, 15) is 4.79 Å². The van der Waals surface area contributed by atoms with Crippen molar-refractivity contribution in [2.75, 3.05) is 19.6 Å². The maximum atomic E-state index is 12.4. The minimum absolute atomic E-state index is 0.0897. The Bertz CT molecular complexity index is 545.